The van der Waals surface area contributed by atoms with Gasteiger partial charge in [0.1, 0.15) is 8.07 Å². The number of allylic oxidation sites excluding steroid dienone is 1. The second kappa shape index (κ2) is 4.58. The topological polar surface area (TPSA) is 20.2 Å². The van der Waals surface area contributed by atoms with Gasteiger partial charge in [0, 0.05) is 0 Å². The molecule has 0 saturated heterocycles. The third-order valence-electron chi connectivity index (χ3n) is 2.88. The highest BCUT2D eigenvalue weighted by Gasteiger charge is 2.24. The van der Waals surface area contributed by atoms with Crippen LogP contribution in [0.3, 0.4) is 0 Å². The van der Waals surface area contributed by atoms with Crippen molar-refractivity contribution in [2.24, 2.45) is 0 Å². The van der Waals surface area contributed by atoms with Crippen molar-refractivity contribution in [1.29, 1.82) is 0 Å². The number of benzene rings is 1. The van der Waals surface area contributed by atoms with Crippen molar-refractivity contribution < 1.29 is 5.11 Å². The molecule has 0 unspecified atom stereocenters. The van der Waals surface area contributed by atoms with Crippen molar-refractivity contribution in [3.05, 3.63) is 41.6 Å². The fourth-order valence-corrected chi connectivity index (χ4v) is 3.56. The number of hydrogen-bond acceptors (Lipinski definition) is 1. The molecule has 76 valence electrons. The molecule has 0 aromatic heterocycles. The Morgan fingerprint density at radius 1 is 1.29 bits per heavy atom. The summed E-state index contributed by atoms with van der Waals surface area (Å²) in [5.41, 5.74) is 0. The molecule has 1 N–H and O–H groups in total. The summed E-state index contributed by atoms with van der Waals surface area (Å²) in [5.74, 6) is 0. The molecular formula is C12H18OSi. The predicted octanol–water partition coefficient (Wildman–Crippen LogP) is 2.08. The first-order valence-corrected chi connectivity index (χ1v) is 7.92. The average Bonchev–Trinajstić information content (AvgIpc) is 2.19. The molecule has 0 fully saturated rings. The summed E-state index contributed by atoms with van der Waals surface area (Å²) < 4.78 is 0. The predicted molar refractivity (Wildman–Crippen MR) is 64.4 cm³/mol. The molecule has 2 heteroatoms. The van der Waals surface area contributed by atoms with Crippen LogP contribution in [0, 0.1) is 0 Å². The minimum Gasteiger partial charge on any atom is -0.392 e. The van der Waals surface area contributed by atoms with Gasteiger partial charge in [0.15, 0.2) is 0 Å². The van der Waals surface area contributed by atoms with Crippen LogP contribution in [-0.2, 0) is 0 Å². The van der Waals surface area contributed by atoms with Crippen molar-refractivity contribution in [3.63, 3.8) is 0 Å². The Kier molecular flexibility index (Phi) is 3.67. The first kappa shape index (κ1) is 11.2. The largest absolute Gasteiger partial charge is 0.392 e. The zero-order valence-electron chi connectivity index (χ0n) is 9.12. The van der Waals surface area contributed by atoms with E-state index in [0.717, 1.165) is 0 Å². The van der Waals surface area contributed by atoms with E-state index in [2.05, 4.69) is 44.3 Å². The van der Waals surface area contributed by atoms with E-state index < -0.39 is 8.07 Å². The molecule has 0 heterocycles. The zero-order chi connectivity index (χ0) is 10.6. The fourth-order valence-electron chi connectivity index (χ4n) is 1.47. The van der Waals surface area contributed by atoms with Crippen LogP contribution in [0.15, 0.2) is 41.6 Å². The Morgan fingerprint density at radius 2 is 1.86 bits per heavy atom. The van der Waals surface area contributed by atoms with E-state index in [4.69, 9.17) is 5.11 Å². The van der Waals surface area contributed by atoms with Gasteiger partial charge in [-0.3, -0.25) is 0 Å². The number of aliphatic hydroxyl groups excluding tert-OH is 1. The summed E-state index contributed by atoms with van der Waals surface area (Å²) in [6.07, 6.45) is 1.93. The Labute approximate surface area is 87.1 Å². The van der Waals surface area contributed by atoms with E-state index in [1.807, 2.05) is 12.1 Å². The smallest absolute Gasteiger partial charge is 0.106 e. The Bertz CT molecular complexity index is 314. The Hall–Kier alpha value is -0.863. The SMILES string of the molecule is CC(=CCO)[Si](C)(C)c1ccccc1. The van der Waals surface area contributed by atoms with Gasteiger partial charge in [-0.15, -0.1) is 0 Å². The first-order valence-electron chi connectivity index (χ1n) is 4.92. The van der Waals surface area contributed by atoms with Gasteiger partial charge in [-0.25, -0.2) is 0 Å². The van der Waals surface area contributed by atoms with E-state index in [-0.39, 0.29) is 6.61 Å². The lowest BCUT2D eigenvalue weighted by atomic mass is 10.4. The lowest BCUT2D eigenvalue weighted by molar-refractivity contribution is 0.342. The monoisotopic (exact) mass is 206 g/mol. The van der Waals surface area contributed by atoms with Gasteiger partial charge < -0.3 is 5.11 Å². The molecule has 0 bridgehead atoms. The van der Waals surface area contributed by atoms with Crippen molar-refractivity contribution in [1.82, 2.24) is 0 Å². The van der Waals surface area contributed by atoms with Crippen LogP contribution in [0.25, 0.3) is 0 Å². The first-order chi connectivity index (χ1) is 6.59. The van der Waals surface area contributed by atoms with Gasteiger partial charge >= 0.3 is 0 Å². The number of rotatable bonds is 3. The van der Waals surface area contributed by atoms with Gasteiger partial charge in [-0.05, 0) is 6.92 Å². The summed E-state index contributed by atoms with van der Waals surface area (Å²) in [4.78, 5) is 0. The minimum absolute atomic E-state index is 0.148. The summed E-state index contributed by atoms with van der Waals surface area (Å²) in [7, 11) is -1.50. The van der Waals surface area contributed by atoms with Crippen LogP contribution in [0.5, 0.6) is 0 Å². The van der Waals surface area contributed by atoms with E-state index in [1.165, 1.54) is 10.4 Å². The molecule has 14 heavy (non-hydrogen) atoms. The van der Waals surface area contributed by atoms with Crippen LogP contribution in [-0.4, -0.2) is 19.8 Å². The van der Waals surface area contributed by atoms with E-state index >= 15 is 0 Å². The van der Waals surface area contributed by atoms with Crippen molar-refractivity contribution >= 4 is 13.3 Å². The summed E-state index contributed by atoms with van der Waals surface area (Å²) in [6.45, 7) is 6.89. The number of hydrogen-bond donors (Lipinski definition) is 1. The molecule has 1 nitrogen and oxygen atoms in total. The van der Waals surface area contributed by atoms with Crippen molar-refractivity contribution in [2.45, 2.75) is 20.0 Å². The van der Waals surface area contributed by atoms with E-state index in [1.54, 1.807) is 0 Å². The maximum Gasteiger partial charge on any atom is 0.106 e. The van der Waals surface area contributed by atoms with Crippen LogP contribution in [0.4, 0.5) is 0 Å². The highest BCUT2D eigenvalue weighted by molar-refractivity contribution is 6.95. The molecule has 0 amide bonds. The summed E-state index contributed by atoms with van der Waals surface area (Å²) in [6, 6.07) is 10.6. The molecule has 0 radical (unpaired) electrons. The van der Waals surface area contributed by atoms with Gasteiger partial charge in [-0.2, -0.15) is 0 Å². The molecule has 0 saturated carbocycles. The highest BCUT2D eigenvalue weighted by Crippen LogP contribution is 2.13. The molecule has 0 aliphatic carbocycles. The van der Waals surface area contributed by atoms with Gasteiger partial charge in [-0.1, -0.05) is 59.9 Å². The van der Waals surface area contributed by atoms with Crippen molar-refractivity contribution in [2.75, 3.05) is 6.61 Å². The molecule has 1 aromatic carbocycles. The van der Waals surface area contributed by atoms with E-state index in [9.17, 15) is 0 Å². The summed E-state index contributed by atoms with van der Waals surface area (Å²) in [5, 5.41) is 11.7. The third kappa shape index (κ3) is 2.34. The standard InChI is InChI=1S/C12H18OSi/c1-11(9-10-13)14(2,3)12-7-5-4-6-8-12/h4-9,13H,10H2,1-3H3. The Morgan fingerprint density at radius 3 is 2.36 bits per heavy atom. The molecule has 0 aliphatic heterocycles. The Balaban J connectivity index is 3.02. The van der Waals surface area contributed by atoms with Crippen LogP contribution in [0.2, 0.25) is 13.1 Å². The highest BCUT2D eigenvalue weighted by atomic mass is 28.3. The third-order valence-corrected chi connectivity index (χ3v) is 6.83. The summed E-state index contributed by atoms with van der Waals surface area (Å²) >= 11 is 0. The lowest BCUT2D eigenvalue weighted by Gasteiger charge is -2.24. The zero-order valence-corrected chi connectivity index (χ0v) is 10.1. The van der Waals surface area contributed by atoms with Gasteiger partial charge in [0.05, 0.1) is 6.61 Å². The maximum absolute atomic E-state index is 8.89. The quantitative estimate of drug-likeness (QED) is 0.751. The van der Waals surface area contributed by atoms with Gasteiger partial charge in [0.25, 0.3) is 0 Å². The van der Waals surface area contributed by atoms with E-state index in [0.29, 0.717) is 0 Å². The van der Waals surface area contributed by atoms with Crippen LogP contribution >= 0.6 is 0 Å². The molecule has 0 atom stereocenters. The molecule has 0 aliphatic rings. The second-order valence-corrected chi connectivity index (χ2v) is 8.68. The van der Waals surface area contributed by atoms with Crippen LogP contribution in [0.1, 0.15) is 6.92 Å². The fraction of sp³-hybridized carbons (Fsp3) is 0.333. The van der Waals surface area contributed by atoms with Crippen LogP contribution < -0.4 is 5.19 Å². The maximum atomic E-state index is 8.89. The number of aliphatic hydroxyl groups is 1. The normalized spacial score (nSPS) is 13.0. The molecule has 0 spiro atoms. The molecule has 1 rings (SSSR count). The molecule has 1 aromatic rings. The molecular weight excluding hydrogens is 188 g/mol. The lowest BCUT2D eigenvalue weighted by Crippen LogP contribution is -2.42. The minimum atomic E-state index is -1.50. The average molecular weight is 206 g/mol. The van der Waals surface area contributed by atoms with Crippen molar-refractivity contribution in [3.8, 4) is 0 Å². The second-order valence-electron chi connectivity index (χ2n) is 4.06. The van der Waals surface area contributed by atoms with Gasteiger partial charge in [0.2, 0.25) is 0 Å².